The number of halogens is 1. The molecular formula is C15H22ClN3S. The second kappa shape index (κ2) is 6.54. The molecule has 2 aliphatic rings. The SMILES string of the molecule is CCC1CN(c2ccc(Cl)c(CNC3CC3)n2)CCS1. The normalized spacial score (nSPS) is 23.1. The Morgan fingerprint density at radius 1 is 1.45 bits per heavy atom. The van der Waals surface area contributed by atoms with Gasteiger partial charge in [-0.1, -0.05) is 18.5 Å². The Bertz CT molecular complexity index is 464. The molecule has 3 rings (SSSR count). The first-order valence-corrected chi connectivity index (χ1v) is 8.94. The van der Waals surface area contributed by atoms with Crippen molar-refractivity contribution in [3.63, 3.8) is 0 Å². The monoisotopic (exact) mass is 311 g/mol. The molecule has 5 heteroatoms. The third kappa shape index (κ3) is 3.60. The predicted octanol–water partition coefficient (Wildman–Crippen LogP) is 3.32. The van der Waals surface area contributed by atoms with Crippen LogP contribution in [0.2, 0.25) is 5.02 Å². The third-order valence-electron chi connectivity index (χ3n) is 3.96. The smallest absolute Gasteiger partial charge is 0.129 e. The molecule has 1 aliphatic heterocycles. The second-order valence-electron chi connectivity index (χ2n) is 5.60. The average molecular weight is 312 g/mol. The predicted molar refractivity (Wildman–Crippen MR) is 87.9 cm³/mol. The Balaban J connectivity index is 1.70. The molecule has 0 bridgehead atoms. The first-order chi connectivity index (χ1) is 9.76. The first-order valence-electron chi connectivity index (χ1n) is 7.51. The molecule has 3 nitrogen and oxygen atoms in total. The Morgan fingerprint density at radius 2 is 2.30 bits per heavy atom. The summed E-state index contributed by atoms with van der Waals surface area (Å²) in [6.07, 6.45) is 3.81. The van der Waals surface area contributed by atoms with Gasteiger partial charge in [0.15, 0.2) is 0 Å². The minimum Gasteiger partial charge on any atom is -0.355 e. The van der Waals surface area contributed by atoms with E-state index in [0.29, 0.717) is 6.04 Å². The van der Waals surface area contributed by atoms with E-state index in [2.05, 4.69) is 35.0 Å². The first kappa shape index (κ1) is 14.5. The van der Waals surface area contributed by atoms with Crippen molar-refractivity contribution >= 4 is 29.2 Å². The van der Waals surface area contributed by atoms with E-state index in [-0.39, 0.29) is 0 Å². The van der Waals surface area contributed by atoms with Crippen LogP contribution in [0, 0.1) is 0 Å². The number of nitrogens with one attached hydrogen (secondary N) is 1. The van der Waals surface area contributed by atoms with Crippen molar-refractivity contribution in [3.8, 4) is 0 Å². The molecule has 0 spiro atoms. The molecule has 20 heavy (non-hydrogen) atoms. The topological polar surface area (TPSA) is 28.2 Å². The van der Waals surface area contributed by atoms with Crippen molar-refractivity contribution in [2.75, 3.05) is 23.7 Å². The van der Waals surface area contributed by atoms with E-state index < -0.39 is 0 Å². The molecule has 1 N–H and O–H groups in total. The lowest BCUT2D eigenvalue weighted by Crippen LogP contribution is -2.38. The van der Waals surface area contributed by atoms with Gasteiger partial charge in [-0.3, -0.25) is 0 Å². The highest BCUT2D eigenvalue weighted by Gasteiger charge is 2.22. The molecule has 1 aliphatic carbocycles. The molecule has 1 aromatic rings. The van der Waals surface area contributed by atoms with E-state index in [1.165, 1.54) is 25.0 Å². The zero-order chi connectivity index (χ0) is 13.9. The van der Waals surface area contributed by atoms with E-state index in [1.807, 2.05) is 6.07 Å². The van der Waals surface area contributed by atoms with Crippen LogP contribution in [-0.2, 0) is 6.54 Å². The van der Waals surface area contributed by atoms with Crippen molar-refractivity contribution in [1.29, 1.82) is 0 Å². The van der Waals surface area contributed by atoms with Crippen LogP contribution in [0.4, 0.5) is 5.82 Å². The summed E-state index contributed by atoms with van der Waals surface area (Å²) in [7, 11) is 0. The maximum absolute atomic E-state index is 6.27. The summed E-state index contributed by atoms with van der Waals surface area (Å²) in [6, 6.07) is 4.75. The fourth-order valence-electron chi connectivity index (χ4n) is 2.48. The Morgan fingerprint density at radius 3 is 3.05 bits per heavy atom. The lowest BCUT2D eigenvalue weighted by atomic mass is 10.2. The Hall–Kier alpha value is -0.450. The summed E-state index contributed by atoms with van der Waals surface area (Å²) in [6.45, 7) is 5.25. The summed E-state index contributed by atoms with van der Waals surface area (Å²) in [4.78, 5) is 7.19. The van der Waals surface area contributed by atoms with Gasteiger partial charge in [-0.05, 0) is 31.4 Å². The fraction of sp³-hybridized carbons (Fsp3) is 0.667. The van der Waals surface area contributed by atoms with E-state index in [9.17, 15) is 0 Å². The number of hydrogen-bond acceptors (Lipinski definition) is 4. The highest BCUT2D eigenvalue weighted by molar-refractivity contribution is 8.00. The van der Waals surface area contributed by atoms with Gasteiger partial charge in [-0.25, -0.2) is 4.98 Å². The standard InChI is InChI=1S/C15H22ClN3S/c1-2-12-10-19(7-8-20-12)15-6-5-13(16)14(18-15)9-17-11-3-4-11/h5-6,11-12,17H,2-4,7-10H2,1H3. The van der Waals surface area contributed by atoms with E-state index in [1.54, 1.807) is 0 Å². The number of thioether (sulfide) groups is 1. The zero-order valence-electron chi connectivity index (χ0n) is 11.9. The largest absolute Gasteiger partial charge is 0.355 e. The highest BCUT2D eigenvalue weighted by Crippen LogP contribution is 2.27. The van der Waals surface area contributed by atoms with Gasteiger partial charge in [-0.2, -0.15) is 11.8 Å². The van der Waals surface area contributed by atoms with Gasteiger partial charge in [0, 0.05) is 36.7 Å². The number of rotatable bonds is 5. The van der Waals surface area contributed by atoms with E-state index >= 15 is 0 Å². The summed E-state index contributed by atoms with van der Waals surface area (Å²) >= 11 is 8.35. The quantitative estimate of drug-likeness (QED) is 0.903. The van der Waals surface area contributed by atoms with Crippen molar-refractivity contribution in [3.05, 3.63) is 22.8 Å². The van der Waals surface area contributed by atoms with Crippen LogP contribution in [0.15, 0.2) is 12.1 Å². The van der Waals surface area contributed by atoms with Crippen LogP contribution >= 0.6 is 23.4 Å². The van der Waals surface area contributed by atoms with Gasteiger partial charge >= 0.3 is 0 Å². The Kier molecular flexibility index (Phi) is 4.74. The van der Waals surface area contributed by atoms with Crippen molar-refractivity contribution in [2.45, 2.75) is 44.0 Å². The number of pyridine rings is 1. The van der Waals surface area contributed by atoms with Gasteiger partial charge in [0.25, 0.3) is 0 Å². The minimum absolute atomic E-state index is 0.687. The molecule has 2 fully saturated rings. The summed E-state index contributed by atoms with van der Waals surface area (Å²) in [5, 5.41) is 5.00. The van der Waals surface area contributed by atoms with E-state index in [4.69, 9.17) is 16.6 Å². The van der Waals surface area contributed by atoms with Crippen LogP contribution in [0.5, 0.6) is 0 Å². The van der Waals surface area contributed by atoms with Gasteiger partial charge in [0.05, 0.1) is 10.7 Å². The molecule has 1 unspecified atom stereocenters. The van der Waals surface area contributed by atoms with Crippen LogP contribution in [-0.4, -0.2) is 35.1 Å². The molecular weight excluding hydrogens is 290 g/mol. The fourth-order valence-corrected chi connectivity index (χ4v) is 3.83. The molecule has 1 saturated carbocycles. The maximum atomic E-state index is 6.27. The van der Waals surface area contributed by atoms with Crippen LogP contribution in [0.3, 0.4) is 0 Å². The van der Waals surface area contributed by atoms with Crippen molar-refractivity contribution in [2.24, 2.45) is 0 Å². The highest BCUT2D eigenvalue weighted by atomic mass is 35.5. The molecule has 0 aromatic carbocycles. The minimum atomic E-state index is 0.687. The lowest BCUT2D eigenvalue weighted by molar-refractivity contribution is 0.669. The number of aromatic nitrogens is 1. The van der Waals surface area contributed by atoms with Gasteiger partial charge < -0.3 is 10.2 Å². The molecule has 0 radical (unpaired) electrons. The average Bonchev–Trinajstić information content (AvgIpc) is 3.31. The molecule has 2 heterocycles. The lowest BCUT2D eigenvalue weighted by Gasteiger charge is -2.33. The van der Waals surface area contributed by atoms with Crippen LogP contribution in [0.1, 0.15) is 31.9 Å². The van der Waals surface area contributed by atoms with Gasteiger partial charge in [0.2, 0.25) is 0 Å². The second-order valence-corrected chi connectivity index (χ2v) is 7.42. The van der Waals surface area contributed by atoms with E-state index in [0.717, 1.165) is 41.4 Å². The Labute approximate surface area is 130 Å². The summed E-state index contributed by atoms with van der Waals surface area (Å²) < 4.78 is 0. The number of nitrogens with zero attached hydrogens (tertiary/aromatic N) is 2. The summed E-state index contributed by atoms with van der Waals surface area (Å²) in [5.41, 5.74) is 0.988. The van der Waals surface area contributed by atoms with Gasteiger partial charge in [0.1, 0.15) is 5.82 Å². The van der Waals surface area contributed by atoms with Crippen molar-refractivity contribution in [1.82, 2.24) is 10.3 Å². The third-order valence-corrected chi connectivity index (χ3v) is 5.67. The number of hydrogen-bond donors (Lipinski definition) is 1. The molecule has 110 valence electrons. The van der Waals surface area contributed by atoms with Crippen LogP contribution in [0.25, 0.3) is 0 Å². The molecule has 0 amide bonds. The van der Waals surface area contributed by atoms with Crippen LogP contribution < -0.4 is 10.2 Å². The maximum Gasteiger partial charge on any atom is 0.129 e. The summed E-state index contributed by atoms with van der Waals surface area (Å²) in [5.74, 6) is 2.28. The molecule has 1 atom stereocenters. The van der Waals surface area contributed by atoms with Crippen molar-refractivity contribution < 1.29 is 0 Å². The molecule has 1 saturated heterocycles. The van der Waals surface area contributed by atoms with Gasteiger partial charge in [-0.15, -0.1) is 0 Å². The molecule has 1 aromatic heterocycles. The zero-order valence-corrected chi connectivity index (χ0v) is 13.5. The number of anilines is 1.